The molecular formula is C22H24N4O3. The van der Waals surface area contributed by atoms with Crippen LogP contribution in [0.15, 0.2) is 54.6 Å². The highest BCUT2D eigenvalue weighted by atomic mass is 16.5. The number of benzene rings is 1. The summed E-state index contributed by atoms with van der Waals surface area (Å²) in [7, 11) is 0. The van der Waals surface area contributed by atoms with Crippen LogP contribution >= 0.6 is 0 Å². The molecule has 150 valence electrons. The third-order valence-electron chi connectivity index (χ3n) is 4.54. The summed E-state index contributed by atoms with van der Waals surface area (Å²) in [5.74, 6) is -0.724. The molecule has 2 heterocycles. The molecule has 7 heteroatoms. The van der Waals surface area contributed by atoms with Gasteiger partial charge in [0.25, 0.3) is 5.91 Å². The second kappa shape index (κ2) is 10.4. The number of piperazine rings is 1. The Hall–Kier alpha value is -3.13. The first-order valence-corrected chi connectivity index (χ1v) is 9.48. The summed E-state index contributed by atoms with van der Waals surface area (Å²) in [5.41, 5.74) is 4.43. The fourth-order valence-corrected chi connectivity index (χ4v) is 3.06. The van der Waals surface area contributed by atoms with Crippen LogP contribution < -0.4 is 10.8 Å². The molecule has 2 aromatic rings. The van der Waals surface area contributed by atoms with Gasteiger partial charge in [0.05, 0.1) is 11.4 Å². The van der Waals surface area contributed by atoms with Crippen LogP contribution in [-0.4, -0.2) is 53.0 Å². The average Bonchev–Trinajstić information content (AvgIpc) is 2.77. The molecule has 1 aromatic heterocycles. The molecule has 1 aromatic carbocycles. The molecule has 1 fully saturated rings. The SMILES string of the molecule is O=C(/C=C/c1cccc(/C=C/C(=O)c2cccc(CN3CCNCC3)c2)n1)NO. The van der Waals surface area contributed by atoms with Crippen LogP contribution in [0.2, 0.25) is 0 Å². The van der Waals surface area contributed by atoms with Crippen molar-refractivity contribution in [2.45, 2.75) is 6.54 Å². The number of nitrogens with one attached hydrogen (secondary N) is 2. The van der Waals surface area contributed by atoms with Gasteiger partial charge in [0, 0.05) is 44.4 Å². The lowest BCUT2D eigenvalue weighted by molar-refractivity contribution is -0.124. The first-order chi connectivity index (χ1) is 14.1. The maximum absolute atomic E-state index is 12.6. The van der Waals surface area contributed by atoms with Gasteiger partial charge in [0.1, 0.15) is 0 Å². The maximum Gasteiger partial charge on any atom is 0.267 e. The Kier molecular flexibility index (Phi) is 7.40. The van der Waals surface area contributed by atoms with Crippen molar-refractivity contribution in [3.8, 4) is 0 Å². The zero-order valence-electron chi connectivity index (χ0n) is 16.0. The number of hydroxylamine groups is 1. The van der Waals surface area contributed by atoms with Gasteiger partial charge in [-0.1, -0.05) is 24.3 Å². The van der Waals surface area contributed by atoms with Crippen LogP contribution in [0.3, 0.4) is 0 Å². The number of ketones is 1. The molecule has 1 amide bonds. The molecule has 1 aliphatic rings. The van der Waals surface area contributed by atoms with Crippen molar-refractivity contribution in [1.82, 2.24) is 20.7 Å². The number of rotatable bonds is 7. The molecule has 0 atom stereocenters. The van der Waals surface area contributed by atoms with Crippen molar-refractivity contribution >= 4 is 23.8 Å². The van der Waals surface area contributed by atoms with Gasteiger partial charge in [0.2, 0.25) is 0 Å². The zero-order chi connectivity index (χ0) is 20.5. The molecular weight excluding hydrogens is 368 g/mol. The number of pyridine rings is 1. The minimum Gasteiger partial charge on any atom is -0.314 e. The fourth-order valence-electron chi connectivity index (χ4n) is 3.06. The van der Waals surface area contributed by atoms with Gasteiger partial charge in [-0.3, -0.25) is 19.7 Å². The molecule has 0 radical (unpaired) electrons. The Morgan fingerprint density at radius 1 is 1.07 bits per heavy atom. The number of hydrogen-bond donors (Lipinski definition) is 3. The molecule has 1 aliphatic heterocycles. The highest BCUT2D eigenvalue weighted by Gasteiger charge is 2.11. The van der Waals surface area contributed by atoms with Crippen molar-refractivity contribution in [2.24, 2.45) is 0 Å². The van der Waals surface area contributed by atoms with Gasteiger partial charge in [-0.15, -0.1) is 0 Å². The van der Waals surface area contributed by atoms with E-state index in [4.69, 9.17) is 5.21 Å². The smallest absolute Gasteiger partial charge is 0.267 e. The van der Waals surface area contributed by atoms with Gasteiger partial charge >= 0.3 is 0 Å². The molecule has 1 saturated heterocycles. The van der Waals surface area contributed by atoms with Crippen LogP contribution in [0.1, 0.15) is 27.3 Å². The van der Waals surface area contributed by atoms with E-state index >= 15 is 0 Å². The third kappa shape index (κ3) is 6.46. The van der Waals surface area contributed by atoms with E-state index in [1.807, 2.05) is 24.3 Å². The Balaban J connectivity index is 1.65. The summed E-state index contributed by atoms with van der Waals surface area (Å²) in [6.07, 6.45) is 5.80. The first kappa shape index (κ1) is 20.6. The normalized spacial score (nSPS) is 15.1. The highest BCUT2D eigenvalue weighted by molar-refractivity contribution is 6.06. The van der Waals surface area contributed by atoms with Gasteiger partial charge < -0.3 is 5.32 Å². The Morgan fingerprint density at radius 2 is 1.76 bits per heavy atom. The number of hydrogen-bond acceptors (Lipinski definition) is 6. The number of carbonyl (C=O) groups excluding carboxylic acids is 2. The van der Waals surface area contributed by atoms with Crippen LogP contribution in [0, 0.1) is 0 Å². The Bertz CT molecular complexity index is 918. The molecule has 0 bridgehead atoms. The van der Waals surface area contributed by atoms with E-state index in [2.05, 4.69) is 15.2 Å². The van der Waals surface area contributed by atoms with E-state index in [9.17, 15) is 9.59 Å². The van der Waals surface area contributed by atoms with Crippen molar-refractivity contribution in [3.63, 3.8) is 0 Å². The average molecular weight is 392 g/mol. The Labute approximate surface area is 169 Å². The van der Waals surface area contributed by atoms with Crippen LogP contribution in [-0.2, 0) is 11.3 Å². The number of carbonyl (C=O) groups is 2. The molecule has 0 unspecified atom stereocenters. The predicted octanol–water partition coefficient (Wildman–Crippen LogP) is 1.90. The summed E-state index contributed by atoms with van der Waals surface area (Å²) in [6.45, 7) is 4.84. The van der Waals surface area contributed by atoms with Gasteiger partial charge in [-0.2, -0.15) is 0 Å². The van der Waals surface area contributed by atoms with Crippen LogP contribution in [0.4, 0.5) is 0 Å². The largest absolute Gasteiger partial charge is 0.314 e. The second-order valence-corrected chi connectivity index (χ2v) is 6.72. The molecule has 3 rings (SSSR count). The van der Waals surface area contributed by atoms with Gasteiger partial charge in [0.15, 0.2) is 5.78 Å². The topological polar surface area (TPSA) is 94.6 Å². The first-order valence-electron chi connectivity index (χ1n) is 9.48. The van der Waals surface area contributed by atoms with Crippen molar-refractivity contribution < 1.29 is 14.8 Å². The third-order valence-corrected chi connectivity index (χ3v) is 4.54. The summed E-state index contributed by atoms with van der Waals surface area (Å²) < 4.78 is 0. The molecule has 7 nitrogen and oxygen atoms in total. The molecule has 29 heavy (non-hydrogen) atoms. The molecule has 0 spiro atoms. The summed E-state index contributed by atoms with van der Waals surface area (Å²) >= 11 is 0. The van der Waals surface area contributed by atoms with Crippen molar-refractivity contribution in [2.75, 3.05) is 26.2 Å². The number of aromatic nitrogens is 1. The van der Waals surface area contributed by atoms with Crippen molar-refractivity contribution in [3.05, 3.63) is 77.1 Å². The van der Waals surface area contributed by atoms with E-state index < -0.39 is 5.91 Å². The number of nitrogens with zero attached hydrogens (tertiary/aromatic N) is 2. The van der Waals surface area contributed by atoms with E-state index in [1.165, 1.54) is 23.7 Å². The van der Waals surface area contributed by atoms with E-state index in [1.54, 1.807) is 24.3 Å². The monoisotopic (exact) mass is 392 g/mol. The van der Waals surface area contributed by atoms with Gasteiger partial charge in [-0.25, -0.2) is 10.5 Å². The van der Waals surface area contributed by atoms with E-state index in [-0.39, 0.29) is 5.78 Å². The fraction of sp³-hybridized carbons (Fsp3) is 0.227. The summed E-state index contributed by atoms with van der Waals surface area (Å²) in [4.78, 5) is 30.3. The second-order valence-electron chi connectivity index (χ2n) is 6.72. The molecule has 3 N–H and O–H groups in total. The Morgan fingerprint density at radius 3 is 2.48 bits per heavy atom. The minimum absolute atomic E-state index is 0.0884. The lowest BCUT2D eigenvalue weighted by Gasteiger charge is -2.27. The summed E-state index contributed by atoms with van der Waals surface area (Å²) in [6, 6.07) is 13.0. The summed E-state index contributed by atoms with van der Waals surface area (Å²) in [5, 5.41) is 11.8. The predicted molar refractivity (Wildman–Crippen MR) is 111 cm³/mol. The van der Waals surface area contributed by atoms with Crippen molar-refractivity contribution in [1.29, 1.82) is 0 Å². The number of amides is 1. The lowest BCUT2D eigenvalue weighted by atomic mass is 10.1. The molecule has 0 saturated carbocycles. The van der Waals surface area contributed by atoms with E-state index in [0.29, 0.717) is 17.0 Å². The molecule has 0 aliphatic carbocycles. The highest BCUT2D eigenvalue weighted by Crippen LogP contribution is 2.11. The zero-order valence-corrected chi connectivity index (χ0v) is 16.0. The standard InChI is InChI=1S/C22H24N4O3/c27-21(9-7-19-5-2-6-20(24-19)8-10-22(28)25-29)18-4-1-3-17(15-18)16-26-13-11-23-12-14-26/h1-10,15,23,29H,11-14,16H2,(H,25,28)/b9-7+,10-8+. The minimum atomic E-state index is -0.636. The van der Waals surface area contributed by atoms with Crippen LogP contribution in [0.25, 0.3) is 12.2 Å². The van der Waals surface area contributed by atoms with E-state index in [0.717, 1.165) is 38.3 Å². The van der Waals surface area contributed by atoms with Gasteiger partial charge in [-0.05, 0) is 42.0 Å². The maximum atomic E-state index is 12.6. The van der Waals surface area contributed by atoms with Crippen LogP contribution in [0.5, 0.6) is 0 Å². The quantitative estimate of drug-likeness (QED) is 0.288. The lowest BCUT2D eigenvalue weighted by Crippen LogP contribution is -2.42. The number of allylic oxidation sites excluding steroid dienone is 1.